The molecule has 1 amide bonds. The van der Waals surface area contributed by atoms with E-state index in [4.69, 9.17) is 0 Å². The highest BCUT2D eigenvalue weighted by Crippen LogP contribution is 2.22. The van der Waals surface area contributed by atoms with Gasteiger partial charge in [-0.2, -0.15) is 0 Å². The van der Waals surface area contributed by atoms with Gasteiger partial charge in [-0.25, -0.2) is 0 Å². The van der Waals surface area contributed by atoms with Crippen molar-refractivity contribution in [1.29, 1.82) is 0 Å². The first-order valence-corrected chi connectivity index (χ1v) is 7.59. The minimum absolute atomic E-state index is 0.0198. The monoisotopic (exact) mass is 318 g/mol. The average molecular weight is 319 g/mol. The van der Waals surface area contributed by atoms with Crippen LogP contribution in [0.3, 0.4) is 0 Å². The maximum Gasteiger partial charge on any atom is 0.262 e. The normalized spacial score (nSPS) is 10.8. The molecule has 0 radical (unpaired) electrons. The van der Waals surface area contributed by atoms with Gasteiger partial charge in [0.2, 0.25) is 0 Å². The molecule has 1 aromatic heterocycles. The molecule has 0 atom stereocenters. The highest BCUT2D eigenvalue weighted by molar-refractivity contribution is 9.10. The zero-order valence-corrected chi connectivity index (χ0v) is 12.7. The SMILES string of the molecule is CCN(CC)CCCNC(=O)c1sccc1Br. The van der Waals surface area contributed by atoms with Gasteiger partial charge in [-0.05, 0) is 53.4 Å². The van der Waals surface area contributed by atoms with Crippen LogP contribution in [-0.2, 0) is 0 Å². The van der Waals surface area contributed by atoms with Crippen LogP contribution in [0.2, 0.25) is 0 Å². The molecule has 0 fully saturated rings. The molecule has 5 heteroatoms. The Morgan fingerprint density at radius 3 is 2.71 bits per heavy atom. The number of rotatable bonds is 7. The Bertz CT molecular complexity index is 350. The lowest BCUT2D eigenvalue weighted by Gasteiger charge is -2.17. The fourth-order valence-electron chi connectivity index (χ4n) is 1.58. The van der Waals surface area contributed by atoms with Gasteiger partial charge in [0.05, 0.1) is 0 Å². The highest BCUT2D eigenvalue weighted by atomic mass is 79.9. The van der Waals surface area contributed by atoms with Crippen LogP contribution in [0.4, 0.5) is 0 Å². The summed E-state index contributed by atoms with van der Waals surface area (Å²) in [5, 5.41) is 4.86. The fourth-order valence-corrected chi connectivity index (χ4v) is 3.05. The number of hydrogen-bond donors (Lipinski definition) is 1. The van der Waals surface area contributed by atoms with Crippen molar-refractivity contribution in [2.24, 2.45) is 0 Å². The third-order valence-corrected chi connectivity index (χ3v) is 4.49. The first-order valence-electron chi connectivity index (χ1n) is 5.92. The van der Waals surface area contributed by atoms with Gasteiger partial charge in [-0.3, -0.25) is 4.79 Å². The number of hydrogen-bond acceptors (Lipinski definition) is 3. The molecule has 96 valence electrons. The molecular weight excluding hydrogens is 300 g/mol. The van der Waals surface area contributed by atoms with E-state index >= 15 is 0 Å². The minimum Gasteiger partial charge on any atom is -0.351 e. The van der Waals surface area contributed by atoms with E-state index in [2.05, 4.69) is 40.0 Å². The van der Waals surface area contributed by atoms with E-state index in [-0.39, 0.29) is 5.91 Å². The first-order chi connectivity index (χ1) is 8.19. The summed E-state index contributed by atoms with van der Waals surface area (Å²) in [5.74, 6) is 0.0198. The minimum atomic E-state index is 0.0198. The molecule has 0 aliphatic carbocycles. The number of carbonyl (C=O) groups is 1. The number of thiophene rings is 1. The Labute approximate surface area is 115 Å². The topological polar surface area (TPSA) is 32.3 Å². The lowest BCUT2D eigenvalue weighted by atomic mass is 10.3. The second kappa shape index (κ2) is 7.84. The fraction of sp³-hybridized carbons (Fsp3) is 0.583. The average Bonchev–Trinajstić information content (AvgIpc) is 2.75. The molecule has 0 aliphatic heterocycles. The molecule has 1 N–H and O–H groups in total. The zero-order valence-electron chi connectivity index (χ0n) is 10.3. The molecular formula is C12H19BrN2OS. The van der Waals surface area contributed by atoms with Crippen LogP contribution in [-0.4, -0.2) is 37.0 Å². The van der Waals surface area contributed by atoms with Crippen LogP contribution in [0.1, 0.15) is 29.9 Å². The second-order valence-electron chi connectivity index (χ2n) is 3.73. The van der Waals surface area contributed by atoms with Crippen molar-refractivity contribution >= 4 is 33.2 Å². The number of carbonyl (C=O) groups excluding carboxylic acids is 1. The Hall–Kier alpha value is -0.390. The standard InChI is InChI=1S/C12H19BrN2OS/c1-3-15(4-2)8-5-7-14-12(16)11-10(13)6-9-17-11/h6,9H,3-5,7-8H2,1-2H3,(H,14,16). The summed E-state index contributed by atoms with van der Waals surface area (Å²) >= 11 is 4.82. The molecule has 1 heterocycles. The summed E-state index contributed by atoms with van der Waals surface area (Å²) in [6.07, 6.45) is 0.996. The van der Waals surface area contributed by atoms with Gasteiger partial charge in [0.1, 0.15) is 4.88 Å². The van der Waals surface area contributed by atoms with Gasteiger partial charge in [0.15, 0.2) is 0 Å². The van der Waals surface area contributed by atoms with Gasteiger partial charge < -0.3 is 10.2 Å². The Morgan fingerprint density at radius 2 is 2.18 bits per heavy atom. The van der Waals surface area contributed by atoms with Gasteiger partial charge in [-0.1, -0.05) is 13.8 Å². The van der Waals surface area contributed by atoms with Crippen LogP contribution >= 0.6 is 27.3 Å². The summed E-state index contributed by atoms with van der Waals surface area (Å²) in [5.41, 5.74) is 0. The Kier molecular flexibility index (Phi) is 6.77. The van der Waals surface area contributed by atoms with Crippen molar-refractivity contribution in [3.05, 3.63) is 20.8 Å². The van der Waals surface area contributed by atoms with Crippen LogP contribution in [0.25, 0.3) is 0 Å². The third kappa shape index (κ3) is 4.77. The van der Waals surface area contributed by atoms with Gasteiger partial charge in [-0.15, -0.1) is 11.3 Å². The Morgan fingerprint density at radius 1 is 1.47 bits per heavy atom. The van der Waals surface area contributed by atoms with Crippen LogP contribution < -0.4 is 5.32 Å². The van der Waals surface area contributed by atoms with E-state index < -0.39 is 0 Å². The van der Waals surface area contributed by atoms with E-state index in [0.29, 0.717) is 0 Å². The highest BCUT2D eigenvalue weighted by Gasteiger charge is 2.10. The molecule has 0 bridgehead atoms. The third-order valence-electron chi connectivity index (χ3n) is 2.65. The molecule has 17 heavy (non-hydrogen) atoms. The molecule has 0 saturated heterocycles. The summed E-state index contributed by atoms with van der Waals surface area (Å²) in [7, 11) is 0. The van der Waals surface area contributed by atoms with Crippen molar-refractivity contribution in [1.82, 2.24) is 10.2 Å². The molecule has 0 unspecified atom stereocenters. The lowest BCUT2D eigenvalue weighted by Crippen LogP contribution is -2.29. The largest absolute Gasteiger partial charge is 0.351 e. The van der Waals surface area contributed by atoms with E-state index in [1.807, 2.05) is 11.4 Å². The van der Waals surface area contributed by atoms with Gasteiger partial charge >= 0.3 is 0 Å². The van der Waals surface area contributed by atoms with Crippen molar-refractivity contribution in [2.45, 2.75) is 20.3 Å². The van der Waals surface area contributed by atoms with Crippen LogP contribution in [0, 0.1) is 0 Å². The number of nitrogens with one attached hydrogen (secondary N) is 1. The quantitative estimate of drug-likeness (QED) is 0.784. The first kappa shape index (κ1) is 14.7. The van der Waals surface area contributed by atoms with Gasteiger partial charge in [0, 0.05) is 11.0 Å². The van der Waals surface area contributed by atoms with Crippen LogP contribution in [0.5, 0.6) is 0 Å². The summed E-state index contributed by atoms with van der Waals surface area (Å²) in [6, 6.07) is 1.90. The zero-order chi connectivity index (χ0) is 12.7. The second-order valence-corrected chi connectivity index (χ2v) is 5.50. The Balaban J connectivity index is 2.23. The lowest BCUT2D eigenvalue weighted by molar-refractivity contribution is 0.0955. The van der Waals surface area contributed by atoms with Crippen LogP contribution in [0.15, 0.2) is 15.9 Å². The summed E-state index contributed by atoms with van der Waals surface area (Å²) < 4.78 is 0.878. The molecule has 0 saturated carbocycles. The molecule has 1 rings (SSSR count). The molecule has 0 spiro atoms. The molecule has 0 aromatic carbocycles. The van der Waals surface area contributed by atoms with Crippen molar-refractivity contribution in [2.75, 3.05) is 26.2 Å². The number of amides is 1. The van der Waals surface area contributed by atoms with Crippen molar-refractivity contribution < 1.29 is 4.79 Å². The molecule has 1 aromatic rings. The maximum atomic E-state index is 11.8. The van der Waals surface area contributed by atoms with E-state index in [0.717, 1.165) is 41.9 Å². The van der Waals surface area contributed by atoms with E-state index in [1.165, 1.54) is 11.3 Å². The van der Waals surface area contributed by atoms with E-state index in [9.17, 15) is 4.79 Å². The van der Waals surface area contributed by atoms with Crippen molar-refractivity contribution in [3.8, 4) is 0 Å². The van der Waals surface area contributed by atoms with Crippen molar-refractivity contribution in [3.63, 3.8) is 0 Å². The van der Waals surface area contributed by atoms with Gasteiger partial charge in [0.25, 0.3) is 5.91 Å². The predicted molar refractivity (Wildman–Crippen MR) is 76.8 cm³/mol. The summed E-state index contributed by atoms with van der Waals surface area (Å²) in [6.45, 7) is 8.23. The molecule has 0 aliphatic rings. The maximum absolute atomic E-state index is 11.8. The summed E-state index contributed by atoms with van der Waals surface area (Å²) in [4.78, 5) is 14.9. The smallest absolute Gasteiger partial charge is 0.262 e. The number of nitrogens with zero attached hydrogens (tertiary/aromatic N) is 1. The number of halogens is 1. The predicted octanol–water partition coefficient (Wildman–Crippen LogP) is 2.97. The van der Waals surface area contributed by atoms with E-state index in [1.54, 1.807) is 0 Å². The molecule has 3 nitrogen and oxygen atoms in total.